The fraction of sp³-hybridized carbons (Fsp3) is 0.235. The number of ether oxygens (including phenoxy) is 1. The van der Waals surface area contributed by atoms with Crippen molar-refractivity contribution in [2.24, 2.45) is 0 Å². The molecule has 0 aliphatic carbocycles. The van der Waals surface area contributed by atoms with Crippen molar-refractivity contribution in [2.45, 2.75) is 13.8 Å². The number of carbonyl (C=O) groups is 1. The molecule has 0 unspecified atom stereocenters. The van der Waals surface area contributed by atoms with Gasteiger partial charge in [-0.05, 0) is 43.7 Å². The fourth-order valence-electron chi connectivity index (χ4n) is 2.09. The summed E-state index contributed by atoms with van der Waals surface area (Å²) in [6.07, 6.45) is 0. The lowest BCUT2D eigenvalue weighted by Crippen LogP contribution is -2.12. The first-order valence-corrected chi connectivity index (χ1v) is 6.83. The number of benzene rings is 2. The third-order valence-electron chi connectivity index (χ3n) is 3.15. The Kier molecular flexibility index (Phi) is 4.82. The van der Waals surface area contributed by atoms with Gasteiger partial charge in [0.1, 0.15) is 12.4 Å². The van der Waals surface area contributed by atoms with E-state index in [1.165, 1.54) is 17.2 Å². The van der Waals surface area contributed by atoms with Crippen LogP contribution in [0.3, 0.4) is 0 Å². The predicted octanol–water partition coefficient (Wildman–Crippen LogP) is 3.49. The number of rotatable bonds is 6. The molecule has 2 aromatic carbocycles. The van der Waals surface area contributed by atoms with Gasteiger partial charge >= 0.3 is 5.97 Å². The highest BCUT2D eigenvalue weighted by atomic mass is 16.5. The molecule has 0 fully saturated rings. The van der Waals surface area contributed by atoms with Crippen molar-refractivity contribution in [3.8, 4) is 5.75 Å². The van der Waals surface area contributed by atoms with Gasteiger partial charge in [-0.25, -0.2) is 4.79 Å². The normalized spacial score (nSPS) is 10.2. The molecule has 0 saturated carbocycles. The molecule has 2 rings (SSSR count). The van der Waals surface area contributed by atoms with E-state index in [0.717, 1.165) is 5.69 Å². The van der Waals surface area contributed by atoms with Crippen molar-refractivity contribution in [3.63, 3.8) is 0 Å². The molecule has 0 aliphatic heterocycles. The van der Waals surface area contributed by atoms with E-state index in [1.54, 1.807) is 18.2 Å². The van der Waals surface area contributed by atoms with Gasteiger partial charge < -0.3 is 15.2 Å². The van der Waals surface area contributed by atoms with Gasteiger partial charge in [0.15, 0.2) is 0 Å². The van der Waals surface area contributed by atoms with Crippen LogP contribution in [0.25, 0.3) is 0 Å². The maximum atomic E-state index is 10.9. The van der Waals surface area contributed by atoms with Crippen LogP contribution in [0.1, 0.15) is 21.5 Å². The highest BCUT2D eigenvalue weighted by Crippen LogP contribution is 2.16. The molecule has 4 heteroatoms. The van der Waals surface area contributed by atoms with Crippen LogP contribution in [0.2, 0.25) is 0 Å². The molecule has 4 nitrogen and oxygen atoms in total. The van der Waals surface area contributed by atoms with E-state index in [2.05, 4.69) is 37.4 Å². The average Bonchev–Trinajstić information content (AvgIpc) is 2.45. The van der Waals surface area contributed by atoms with Gasteiger partial charge in [-0.3, -0.25) is 0 Å². The molecule has 0 amide bonds. The molecule has 0 saturated heterocycles. The van der Waals surface area contributed by atoms with E-state index >= 15 is 0 Å². The van der Waals surface area contributed by atoms with Crippen LogP contribution in [-0.4, -0.2) is 24.2 Å². The molecular formula is C17H19NO3. The number of hydrogen-bond acceptors (Lipinski definition) is 3. The number of hydrogen-bond donors (Lipinski definition) is 2. The minimum atomic E-state index is -0.950. The summed E-state index contributed by atoms with van der Waals surface area (Å²) in [4.78, 5) is 10.9. The van der Waals surface area contributed by atoms with Gasteiger partial charge in [-0.15, -0.1) is 0 Å². The Morgan fingerprint density at radius 2 is 2.00 bits per heavy atom. The summed E-state index contributed by atoms with van der Waals surface area (Å²) in [6.45, 7) is 5.25. The lowest BCUT2D eigenvalue weighted by atomic mass is 10.1. The van der Waals surface area contributed by atoms with Crippen LogP contribution in [0.4, 0.5) is 5.69 Å². The van der Waals surface area contributed by atoms with E-state index in [0.29, 0.717) is 18.9 Å². The minimum absolute atomic E-state index is 0.231. The Bertz CT molecular complexity index is 638. The Balaban J connectivity index is 1.84. The third-order valence-corrected chi connectivity index (χ3v) is 3.15. The summed E-state index contributed by atoms with van der Waals surface area (Å²) in [7, 11) is 0. The number of anilines is 1. The number of carboxylic acids is 1. The van der Waals surface area contributed by atoms with Crippen LogP contribution in [0.5, 0.6) is 5.75 Å². The molecule has 2 N–H and O–H groups in total. The quantitative estimate of drug-likeness (QED) is 0.798. The molecule has 2 aromatic rings. The Labute approximate surface area is 124 Å². The van der Waals surface area contributed by atoms with Gasteiger partial charge in [0.2, 0.25) is 0 Å². The van der Waals surface area contributed by atoms with Crippen LogP contribution >= 0.6 is 0 Å². The maximum Gasteiger partial charge on any atom is 0.335 e. The molecule has 0 heterocycles. The minimum Gasteiger partial charge on any atom is -0.492 e. The molecule has 21 heavy (non-hydrogen) atoms. The van der Waals surface area contributed by atoms with E-state index in [4.69, 9.17) is 9.84 Å². The molecule has 0 spiro atoms. The van der Waals surface area contributed by atoms with Gasteiger partial charge in [0.25, 0.3) is 0 Å². The topological polar surface area (TPSA) is 58.6 Å². The first-order chi connectivity index (χ1) is 10.1. The summed E-state index contributed by atoms with van der Waals surface area (Å²) in [5, 5.41) is 12.2. The van der Waals surface area contributed by atoms with Crippen molar-refractivity contribution in [1.82, 2.24) is 0 Å². The van der Waals surface area contributed by atoms with E-state index in [9.17, 15) is 4.79 Å². The second-order valence-electron chi connectivity index (χ2n) is 4.93. The number of carboxylic acid groups (broad SMARTS) is 1. The van der Waals surface area contributed by atoms with Crippen molar-refractivity contribution in [3.05, 3.63) is 59.2 Å². The molecule has 110 valence electrons. The molecule has 0 bridgehead atoms. The number of aryl methyl sites for hydroxylation is 2. The zero-order valence-electron chi connectivity index (χ0n) is 12.2. The summed E-state index contributed by atoms with van der Waals surface area (Å²) in [6, 6.07) is 12.7. The second kappa shape index (κ2) is 6.79. The van der Waals surface area contributed by atoms with Gasteiger partial charge in [-0.1, -0.05) is 23.8 Å². The van der Waals surface area contributed by atoms with Gasteiger partial charge in [-0.2, -0.15) is 0 Å². The highest BCUT2D eigenvalue weighted by molar-refractivity contribution is 5.87. The lowest BCUT2D eigenvalue weighted by molar-refractivity contribution is 0.0696. The highest BCUT2D eigenvalue weighted by Gasteiger charge is 2.03. The van der Waals surface area contributed by atoms with Crippen molar-refractivity contribution >= 4 is 11.7 Å². The Morgan fingerprint density at radius 3 is 2.71 bits per heavy atom. The summed E-state index contributed by atoms with van der Waals surface area (Å²) in [5.74, 6) is -0.383. The Morgan fingerprint density at radius 1 is 1.19 bits per heavy atom. The lowest BCUT2D eigenvalue weighted by Gasteiger charge is -2.11. The maximum absolute atomic E-state index is 10.9. The molecule has 0 aromatic heterocycles. The zero-order valence-corrected chi connectivity index (χ0v) is 12.2. The van der Waals surface area contributed by atoms with Gasteiger partial charge in [0.05, 0.1) is 5.56 Å². The van der Waals surface area contributed by atoms with Crippen LogP contribution in [0, 0.1) is 13.8 Å². The fourth-order valence-corrected chi connectivity index (χ4v) is 2.09. The van der Waals surface area contributed by atoms with Crippen molar-refractivity contribution < 1.29 is 14.6 Å². The van der Waals surface area contributed by atoms with E-state index < -0.39 is 5.97 Å². The SMILES string of the molecule is Cc1ccc(NCCOc2cccc(C(=O)O)c2)c(C)c1. The van der Waals surface area contributed by atoms with Crippen molar-refractivity contribution in [1.29, 1.82) is 0 Å². The average molecular weight is 285 g/mol. The summed E-state index contributed by atoms with van der Waals surface area (Å²) in [5.41, 5.74) is 3.75. The largest absolute Gasteiger partial charge is 0.492 e. The smallest absolute Gasteiger partial charge is 0.335 e. The Hall–Kier alpha value is -2.49. The zero-order chi connectivity index (χ0) is 15.2. The van der Waals surface area contributed by atoms with E-state index in [-0.39, 0.29) is 5.56 Å². The summed E-state index contributed by atoms with van der Waals surface area (Å²) >= 11 is 0. The number of aromatic carboxylic acids is 1. The van der Waals surface area contributed by atoms with Gasteiger partial charge in [0, 0.05) is 12.2 Å². The summed E-state index contributed by atoms with van der Waals surface area (Å²) < 4.78 is 5.56. The first-order valence-electron chi connectivity index (χ1n) is 6.83. The molecule has 0 radical (unpaired) electrons. The second-order valence-corrected chi connectivity index (χ2v) is 4.93. The van der Waals surface area contributed by atoms with E-state index in [1.807, 2.05) is 0 Å². The van der Waals surface area contributed by atoms with Crippen LogP contribution < -0.4 is 10.1 Å². The monoisotopic (exact) mass is 285 g/mol. The molecule has 0 atom stereocenters. The van der Waals surface area contributed by atoms with Crippen LogP contribution in [-0.2, 0) is 0 Å². The first kappa shape index (κ1) is 14.9. The molecular weight excluding hydrogens is 266 g/mol. The predicted molar refractivity (Wildman–Crippen MR) is 83.3 cm³/mol. The van der Waals surface area contributed by atoms with Crippen molar-refractivity contribution in [2.75, 3.05) is 18.5 Å². The van der Waals surface area contributed by atoms with Crippen LogP contribution in [0.15, 0.2) is 42.5 Å². The number of nitrogens with one attached hydrogen (secondary N) is 1. The standard InChI is InChI=1S/C17H19NO3/c1-12-6-7-16(13(2)10-12)18-8-9-21-15-5-3-4-14(11-15)17(19)20/h3-7,10-11,18H,8-9H2,1-2H3,(H,19,20). The molecule has 0 aliphatic rings. The third kappa shape index (κ3) is 4.24.